The van der Waals surface area contributed by atoms with Gasteiger partial charge in [0.15, 0.2) is 0 Å². The highest BCUT2D eigenvalue weighted by Gasteiger charge is 2.22. The van der Waals surface area contributed by atoms with Gasteiger partial charge in [-0.3, -0.25) is 0 Å². The molecule has 0 aromatic carbocycles. The van der Waals surface area contributed by atoms with Crippen LogP contribution in [0.25, 0.3) is 0 Å². The first-order valence-electron chi connectivity index (χ1n) is 10.6. The van der Waals surface area contributed by atoms with Crippen molar-refractivity contribution in [3.05, 3.63) is 12.7 Å². The highest BCUT2D eigenvalue weighted by molar-refractivity contribution is 4.85. The topological polar surface area (TPSA) is 23.5 Å². The molecule has 0 aromatic rings. The van der Waals surface area contributed by atoms with Gasteiger partial charge in [0.05, 0.1) is 6.10 Å². The lowest BCUT2D eigenvalue weighted by Gasteiger charge is -2.32. The minimum Gasteiger partial charge on any atom is -0.392 e. The molecule has 0 radical (unpaired) electrons. The fourth-order valence-corrected chi connectivity index (χ4v) is 4.33. The van der Waals surface area contributed by atoms with Crippen LogP contribution in [0.4, 0.5) is 0 Å². The molecule has 1 rings (SSSR count). The van der Waals surface area contributed by atoms with E-state index in [4.69, 9.17) is 0 Å². The summed E-state index contributed by atoms with van der Waals surface area (Å²) in [5, 5.41) is 9.83. The van der Waals surface area contributed by atoms with E-state index in [2.05, 4.69) is 31.4 Å². The van der Waals surface area contributed by atoms with Gasteiger partial charge in [0.1, 0.15) is 0 Å². The molecule has 0 spiro atoms. The maximum Gasteiger partial charge on any atom is 0.0639 e. The third kappa shape index (κ3) is 9.22. The van der Waals surface area contributed by atoms with E-state index in [-0.39, 0.29) is 6.10 Å². The number of unbranched alkanes of at least 4 members (excludes halogenated alkanes) is 1. The predicted molar refractivity (Wildman–Crippen MR) is 106 cm³/mol. The Morgan fingerprint density at radius 2 is 1.83 bits per heavy atom. The molecule has 1 aliphatic rings. The van der Waals surface area contributed by atoms with Crippen molar-refractivity contribution in [1.29, 1.82) is 0 Å². The van der Waals surface area contributed by atoms with Gasteiger partial charge in [0.2, 0.25) is 0 Å². The summed E-state index contributed by atoms with van der Waals surface area (Å²) < 4.78 is 0. The molecule has 2 heteroatoms. The van der Waals surface area contributed by atoms with Gasteiger partial charge in [-0.25, -0.2) is 0 Å². The normalized spacial score (nSPS) is 24.0. The molecule has 1 fully saturated rings. The maximum absolute atomic E-state index is 9.83. The largest absolute Gasteiger partial charge is 0.392 e. The van der Waals surface area contributed by atoms with Crippen LogP contribution in [-0.2, 0) is 0 Å². The Balaban J connectivity index is 2.30. The van der Waals surface area contributed by atoms with Crippen molar-refractivity contribution in [2.75, 3.05) is 19.6 Å². The molecule has 1 saturated carbocycles. The van der Waals surface area contributed by atoms with Crippen LogP contribution < -0.4 is 0 Å². The van der Waals surface area contributed by atoms with Crippen LogP contribution in [0.3, 0.4) is 0 Å². The standard InChI is InChI=1S/C22H43NO/c1-5-10-20(6-2)11-8-9-16-23(17-19(4)24)18-22-14-12-21(7-3)13-15-22/h7,19-22,24H,3,5-6,8-18H2,1-2,4H3. The molecular formula is C22H43NO. The van der Waals surface area contributed by atoms with Crippen molar-refractivity contribution in [2.45, 2.75) is 91.1 Å². The van der Waals surface area contributed by atoms with Crippen LogP contribution in [0.5, 0.6) is 0 Å². The van der Waals surface area contributed by atoms with Crippen molar-refractivity contribution in [2.24, 2.45) is 17.8 Å². The van der Waals surface area contributed by atoms with Gasteiger partial charge < -0.3 is 10.0 Å². The van der Waals surface area contributed by atoms with E-state index in [1.54, 1.807) is 0 Å². The Hall–Kier alpha value is -0.340. The van der Waals surface area contributed by atoms with E-state index < -0.39 is 0 Å². The molecule has 1 aliphatic carbocycles. The molecule has 0 heterocycles. The van der Waals surface area contributed by atoms with E-state index in [0.717, 1.165) is 30.8 Å². The first kappa shape index (κ1) is 21.7. The molecule has 142 valence electrons. The second kappa shape index (κ2) is 12.9. The van der Waals surface area contributed by atoms with Crippen molar-refractivity contribution < 1.29 is 5.11 Å². The Morgan fingerprint density at radius 3 is 2.38 bits per heavy atom. The lowest BCUT2D eigenvalue weighted by atomic mass is 9.82. The zero-order valence-corrected chi connectivity index (χ0v) is 16.7. The van der Waals surface area contributed by atoms with Crippen LogP contribution >= 0.6 is 0 Å². The number of nitrogens with zero attached hydrogens (tertiary/aromatic N) is 1. The molecule has 0 aromatic heterocycles. The second-order valence-electron chi connectivity index (χ2n) is 8.18. The summed E-state index contributed by atoms with van der Waals surface area (Å²) >= 11 is 0. The van der Waals surface area contributed by atoms with Crippen LogP contribution in [0.15, 0.2) is 12.7 Å². The second-order valence-corrected chi connectivity index (χ2v) is 8.18. The number of hydrogen-bond donors (Lipinski definition) is 1. The van der Waals surface area contributed by atoms with Crippen LogP contribution in [-0.4, -0.2) is 35.7 Å². The highest BCUT2D eigenvalue weighted by atomic mass is 16.3. The molecular weight excluding hydrogens is 294 g/mol. The lowest BCUT2D eigenvalue weighted by molar-refractivity contribution is 0.105. The molecule has 0 saturated heterocycles. The van der Waals surface area contributed by atoms with E-state index in [1.807, 2.05) is 6.92 Å². The van der Waals surface area contributed by atoms with Crippen LogP contribution in [0, 0.1) is 17.8 Å². The van der Waals surface area contributed by atoms with E-state index in [0.29, 0.717) is 0 Å². The van der Waals surface area contributed by atoms with Gasteiger partial charge in [-0.1, -0.05) is 52.0 Å². The summed E-state index contributed by atoms with van der Waals surface area (Å²) in [4.78, 5) is 2.53. The lowest BCUT2D eigenvalue weighted by Crippen LogP contribution is -2.37. The summed E-state index contributed by atoms with van der Waals surface area (Å²) in [6.45, 7) is 13.7. The fourth-order valence-electron chi connectivity index (χ4n) is 4.33. The Kier molecular flexibility index (Phi) is 11.7. The first-order valence-corrected chi connectivity index (χ1v) is 10.6. The third-order valence-electron chi connectivity index (χ3n) is 5.87. The number of aliphatic hydroxyl groups excluding tert-OH is 1. The summed E-state index contributed by atoms with van der Waals surface area (Å²) in [7, 11) is 0. The Morgan fingerprint density at radius 1 is 1.12 bits per heavy atom. The molecule has 0 amide bonds. The highest BCUT2D eigenvalue weighted by Crippen LogP contribution is 2.30. The van der Waals surface area contributed by atoms with Gasteiger partial charge in [0.25, 0.3) is 0 Å². The zero-order chi connectivity index (χ0) is 17.8. The van der Waals surface area contributed by atoms with E-state index >= 15 is 0 Å². The van der Waals surface area contributed by atoms with Gasteiger partial charge >= 0.3 is 0 Å². The van der Waals surface area contributed by atoms with E-state index in [1.165, 1.54) is 70.8 Å². The number of hydrogen-bond acceptors (Lipinski definition) is 2. The molecule has 2 nitrogen and oxygen atoms in total. The summed E-state index contributed by atoms with van der Waals surface area (Å²) in [6.07, 6.45) is 15.3. The molecule has 2 atom stereocenters. The van der Waals surface area contributed by atoms with E-state index in [9.17, 15) is 5.11 Å². The van der Waals surface area contributed by atoms with Gasteiger partial charge in [-0.2, -0.15) is 0 Å². The minimum atomic E-state index is -0.210. The Bertz CT molecular complexity index is 307. The zero-order valence-electron chi connectivity index (χ0n) is 16.7. The maximum atomic E-state index is 9.83. The van der Waals surface area contributed by atoms with Crippen molar-refractivity contribution >= 4 is 0 Å². The summed E-state index contributed by atoms with van der Waals surface area (Å²) in [5.74, 6) is 2.49. The first-order chi connectivity index (χ1) is 11.6. The molecule has 0 bridgehead atoms. The number of aliphatic hydroxyl groups is 1. The van der Waals surface area contributed by atoms with Crippen LogP contribution in [0.1, 0.15) is 85.0 Å². The third-order valence-corrected chi connectivity index (χ3v) is 5.87. The van der Waals surface area contributed by atoms with Crippen molar-refractivity contribution in [3.8, 4) is 0 Å². The van der Waals surface area contributed by atoms with Crippen LogP contribution in [0.2, 0.25) is 0 Å². The summed E-state index contributed by atoms with van der Waals surface area (Å²) in [5.41, 5.74) is 0. The van der Waals surface area contributed by atoms with Gasteiger partial charge in [-0.15, -0.1) is 6.58 Å². The summed E-state index contributed by atoms with van der Waals surface area (Å²) in [6, 6.07) is 0. The van der Waals surface area contributed by atoms with Gasteiger partial charge in [-0.05, 0) is 63.3 Å². The average Bonchev–Trinajstić information content (AvgIpc) is 2.57. The fraction of sp³-hybridized carbons (Fsp3) is 0.909. The quantitative estimate of drug-likeness (QED) is 0.346. The average molecular weight is 338 g/mol. The minimum absolute atomic E-state index is 0.210. The smallest absolute Gasteiger partial charge is 0.0639 e. The SMILES string of the molecule is C=CC1CCC(CN(CCCCC(CC)CCC)CC(C)O)CC1. The molecule has 1 N–H and O–H groups in total. The predicted octanol–water partition coefficient (Wildman–Crippen LogP) is 5.66. The molecule has 0 aliphatic heterocycles. The Labute approximate surface area is 151 Å². The molecule has 24 heavy (non-hydrogen) atoms. The van der Waals surface area contributed by atoms with Crippen molar-refractivity contribution in [1.82, 2.24) is 4.90 Å². The van der Waals surface area contributed by atoms with Crippen molar-refractivity contribution in [3.63, 3.8) is 0 Å². The van der Waals surface area contributed by atoms with Gasteiger partial charge in [0, 0.05) is 13.1 Å². The monoisotopic (exact) mass is 337 g/mol. The molecule has 2 unspecified atom stereocenters. The number of rotatable bonds is 13. The number of allylic oxidation sites excluding steroid dienone is 1.